The Morgan fingerprint density at radius 3 is 2.62 bits per heavy atom. The maximum atomic E-state index is 11.3. The average Bonchev–Trinajstić information content (AvgIpc) is 2.43. The predicted molar refractivity (Wildman–Crippen MR) is 79.6 cm³/mol. The summed E-state index contributed by atoms with van der Waals surface area (Å²) >= 11 is 11.9. The van der Waals surface area contributed by atoms with Gasteiger partial charge in [0.05, 0.1) is 11.2 Å². The number of rotatable bonds is 4. The Labute approximate surface area is 131 Å². The van der Waals surface area contributed by atoms with Gasteiger partial charge in [-0.1, -0.05) is 43.1 Å². The Balaban J connectivity index is 2.44. The van der Waals surface area contributed by atoms with Crippen molar-refractivity contribution in [1.29, 1.82) is 0 Å². The van der Waals surface area contributed by atoms with Crippen LogP contribution in [0.1, 0.15) is 36.1 Å². The van der Waals surface area contributed by atoms with Gasteiger partial charge in [-0.3, -0.25) is 0 Å². The molecule has 2 aromatic rings. The molecule has 1 aromatic carbocycles. The van der Waals surface area contributed by atoms with Crippen molar-refractivity contribution in [3.8, 4) is 11.5 Å². The number of aromatic carboxylic acids is 1. The van der Waals surface area contributed by atoms with Crippen molar-refractivity contribution in [2.45, 2.75) is 19.8 Å². The van der Waals surface area contributed by atoms with E-state index in [-0.39, 0.29) is 28.1 Å². The number of hydrogen-bond acceptors (Lipinski definition) is 4. The van der Waals surface area contributed by atoms with Crippen LogP contribution >= 0.6 is 23.2 Å². The molecule has 2 rings (SSSR count). The molecule has 0 radical (unpaired) electrons. The molecule has 0 amide bonds. The third-order valence-electron chi connectivity index (χ3n) is 2.63. The number of ether oxygens (including phenoxy) is 1. The summed E-state index contributed by atoms with van der Waals surface area (Å²) in [5.41, 5.74) is -0.218. The first-order valence-electron chi connectivity index (χ1n) is 6.12. The lowest BCUT2D eigenvalue weighted by molar-refractivity contribution is 0.0686. The molecule has 0 aliphatic heterocycles. The van der Waals surface area contributed by atoms with Crippen LogP contribution in [0.2, 0.25) is 10.0 Å². The molecule has 1 heterocycles. The number of carboxylic acid groups (broad SMARTS) is 1. The Morgan fingerprint density at radius 2 is 2.00 bits per heavy atom. The summed E-state index contributed by atoms with van der Waals surface area (Å²) in [6.07, 6.45) is 1.32. The van der Waals surface area contributed by atoms with E-state index >= 15 is 0 Å². The van der Waals surface area contributed by atoms with Crippen molar-refractivity contribution in [3.05, 3.63) is 46.0 Å². The van der Waals surface area contributed by atoms with Gasteiger partial charge in [0.2, 0.25) is 0 Å². The fourth-order valence-electron chi connectivity index (χ4n) is 1.57. The third kappa shape index (κ3) is 3.43. The van der Waals surface area contributed by atoms with Crippen LogP contribution in [0.4, 0.5) is 0 Å². The zero-order chi connectivity index (χ0) is 15.6. The van der Waals surface area contributed by atoms with Crippen LogP contribution in [-0.2, 0) is 0 Å². The molecule has 21 heavy (non-hydrogen) atoms. The summed E-state index contributed by atoms with van der Waals surface area (Å²) < 4.78 is 5.49. The van der Waals surface area contributed by atoms with E-state index in [1.54, 1.807) is 18.2 Å². The van der Waals surface area contributed by atoms with Crippen molar-refractivity contribution in [2.75, 3.05) is 0 Å². The molecule has 1 aromatic heterocycles. The van der Waals surface area contributed by atoms with Gasteiger partial charge in [0, 0.05) is 5.92 Å². The van der Waals surface area contributed by atoms with Gasteiger partial charge in [0.25, 0.3) is 0 Å². The van der Waals surface area contributed by atoms with Gasteiger partial charge in [0.1, 0.15) is 16.6 Å². The van der Waals surface area contributed by atoms with E-state index < -0.39 is 5.97 Å². The van der Waals surface area contributed by atoms with E-state index in [9.17, 15) is 9.90 Å². The van der Waals surface area contributed by atoms with Gasteiger partial charge in [-0.15, -0.1) is 0 Å². The van der Waals surface area contributed by atoms with E-state index in [1.807, 2.05) is 13.8 Å². The van der Waals surface area contributed by atoms with Crippen LogP contribution < -0.4 is 4.74 Å². The molecule has 0 spiro atoms. The monoisotopic (exact) mass is 326 g/mol. The van der Waals surface area contributed by atoms with Gasteiger partial charge in [-0.05, 0) is 12.1 Å². The molecule has 0 unspecified atom stereocenters. The summed E-state index contributed by atoms with van der Waals surface area (Å²) in [7, 11) is 0. The molecule has 0 bridgehead atoms. The highest BCUT2D eigenvalue weighted by atomic mass is 35.5. The van der Waals surface area contributed by atoms with E-state index in [0.29, 0.717) is 10.8 Å². The number of carboxylic acids is 1. The molecular weight excluding hydrogens is 315 g/mol. The molecule has 0 saturated carbocycles. The van der Waals surface area contributed by atoms with Crippen molar-refractivity contribution in [2.24, 2.45) is 0 Å². The van der Waals surface area contributed by atoms with Gasteiger partial charge in [-0.25, -0.2) is 14.8 Å². The standard InChI is InChI=1S/C14H12Cl2N2O3/c1-7(2)13-17-6-10(12(18-13)14(19)20)21-9-5-3-4-8(15)11(9)16/h3-7H,1-2H3,(H,19,20). The van der Waals surface area contributed by atoms with Crippen LogP contribution in [0.3, 0.4) is 0 Å². The van der Waals surface area contributed by atoms with Crippen molar-refractivity contribution in [3.63, 3.8) is 0 Å². The van der Waals surface area contributed by atoms with E-state index in [0.717, 1.165) is 0 Å². The Hall–Kier alpha value is -1.85. The van der Waals surface area contributed by atoms with Crippen LogP contribution in [0.5, 0.6) is 11.5 Å². The van der Waals surface area contributed by atoms with Crippen molar-refractivity contribution >= 4 is 29.2 Å². The first-order valence-corrected chi connectivity index (χ1v) is 6.87. The largest absolute Gasteiger partial charge is 0.476 e. The lowest BCUT2D eigenvalue weighted by Crippen LogP contribution is -2.08. The van der Waals surface area contributed by atoms with Crippen LogP contribution in [0.15, 0.2) is 24.4 Å². The lowest BCUT2D eigenvalue weighted by atomic mass is 10.2. The molecule has 0 aliphatic rings. The van der Waals surface area contributed by atoms with Gasteiger partial charge in [0.15, 0.2) is 11.4 Å². The number of hydrogen-bond donors (Lipinski definition) is 1. The molecule has 7 heteroatoms. The molecule has 1 N–H and O–H groups in total. The first-order chi connectivity index (χ1) is 9.90. The lowest BCUT2D eigenvalue weighted by Gasteiger charge is -2.11. The fourth-order valence-corrected chi connectivity index (χ4v) is 1.90. The number of halogens is 2. The summed E-state index contributed by atoms with van der Waals surface area (Å²) in [6.45, 7) is 3.74. The minimum atomic E-state index is -1.20. The van der Waals surface area contributed by atoms with E-state index in [4.69, 9.17) is 27.9 Å². The summed E-state index contributed by atoms with van der Waals surface area (Å²) in [6, 6.07) is 4.83. The molecule has 0 fully saturated rings. The van der Waals surface area contributed by atoms with Gasteiger partial charge < -0.3 is 9.84 Å². The molecule has 5 nitrogen and oxygen atoms in total. The summed E-state index contributed by atoms with van der Waals surface area (Å²) in [5, 5.41) is 9.75. The number of benzene rings is 1. The highest BCUT2D eigenvalue weighted by Gasteiger charge is 2.18. The second-order valence-corrected chi connectivity index (χ2v) is 5.34. The van der Waals surface area contributed by atoms with Crippen molar-refractivity contribution < 1.29 is 14.6 Å². The maximum absolute atomic E-state index is 11.3. The number of nitrogens with zero attached hydrogens (tertiary/aromatic N) is 2. The van der Waals surface area contributed by atoms with Crippen LogP contribution in [0, 0.1) is 0 Å². The summed E-state index contributed by atoms with van der Waals surface area (Å²) in [5.74, 6) is -0.514. The van der Waals surface area contributed by atoms with Crippen LogP contribution in [-0.4, -0.2) is 21.0 Å². The van der Waals surface area contributed by atoms with Crippen LogP contribution in [0.25, 0.3) is 0 Å². The SMILES string of the molecule is CC(C)c1ncc(Oc2cccc(Cl)c2Cl)c(C(=O)O)n1. The Kier molecular flexibility index (Phi) is 4.65. The molecular formula is C14H12Cl2N2O3. The molecule has 0 saturated heterocycles. The number of carbonyl (C=O) groups is 1. The topological polar surface area (TPSA) is 72.3 Å². The predicted octanol–water partition coefficient (Wildman–Crippen LogP) is 4.40. The highest BCUT2D eigenvalue weighted by Crippen LogP contribution is 2.35. The molecule has 0 aliphatic carbocycles. The zero-order valence-corrected chi connectivity index (χ0v) is 12.8. The smallest absolute Gasteiger partial charge is 0.358 e. The zero-order valence-electron chi connectivity index (χ0n) is 11.3. The maximum Gasteiger partial charge on any atom is 0.358 e. The Morgan fingerprint density at radius 1 is 1.29 bits per heavy atom. The first kappa shape index (κ1) is 15.5. The Bertz CT molecular complexity index is 690. The van der Waals surface area contributed by atoms with Gasteiger partial charge in [-0.2, -0.15) is 0 Å². The van der Waals surface area contributed by atoms with Gasteiger partial charge >= 0.3 is 5.97 Å². The normalized spacial score (nSPS) is 10.7. The molecule has 0 atom stereocenters. The number of aromatic nitrogens is 2. The summed E-state index contributed by atoms with van der Waals surface area (Å²) in [4.78, 5) is 19.4. The third-order valence-corrected chi connectivity index (χ3v) is 3.43. The van der Waals surface area contributed by atoms with E-state index in [1.165, 1.54) is 6.20 Å². The second-order valence-electron chi connectivity index (χ2n) is 4.55. The molecule has 110 valence electrons. The van der Waals surface area contributed by atoms with Crippen molar-refractivity contribution in [1.82, 2.24) is 9.97 Å². The minimum absolute atomic E-state index is 0.00640. The van der Waals surface area contributed by atoms with E-state index in [2.05, 4.69) is 9.97 Å². The highest BCUT2D eigenvalue weighted by molar-refractivity contribution is 6.42. The average molecular weight is 327 g/mol. The second kappa shape index (κ2) is 6.28. The quantitative estimate of drug-likeness (QED) is 0.901. The fraction of sp³-hybridized carbons (Fsp3) is 0.214. The minimum Gasteiger partial charge on any atom is -0.476 e.